The summed E-state index contributed by atoms with van der Waals surface area (Å²) in [6.45, 7) is 0. The van der Waals surface area contributed by atoms with Gasteiger partial charge in [-0.05, 0) is 12.1 Å². The second kappa shape index (κ2) is 3.93. The highest BCUT2D eigenvalue weighted by Gasteiger charge is 2.14. The van der Waals surface area contributed by atoms with Crippen molar-refractivity contribution in [2.24, 2.45) is 5.73 Å². The van der Waals surface area contributed by atoms with E-state index in [-0.39, 0.29) is 15.6 Å². The Hall–Kier alpha value is -0.820. The molecule has 0 aliphatic heterocycles. The smallest absolute Gasteiger partial charge is 0.126 e. The molecule has 1 aromatic carbocycles. The zero-order chi connectivity index (χ0) is 10.0. The number of benzene rings is 1. The van der Waals surface area contributed by atoms with Crippen LogP contribution in [-0.2, 0) is 0 Å². The van der Waals surface area contributed by atoms with Gasteiger partial charge in [-0.2, -0.15) is 5.26 Å². The van der Waals surface area contributed by atoms with Gasteiger partial charge in [-0.3, -0.25) is 0 Å². The minimum Gasteiger partial charge on any atom is -0.312 e. The average molecular weight is 219 g/mol. The van der Waals surface area contributed by atoms with Crippen molar-refractivity contribution in [1.29, 1.82) is 5.26 Å². The normalized spacial score (nSPS) is 12.2. The number of nitrogens with zero attached hydrogens (tertiary/aromatic N) is 1. The maximum absolute atomic E-state index is 12.7. The monoisotopic (exact) mass is 218 g/mol. The molecular weight excluding hydrogens is 214 g/mol. The van der Waals surface area contributed by atoms with Crippen LogP contribution in [0.25, 0.3) is 0 Å². The lowest BCUT2D eigenvalue weighted by Crippen LogP contribution is -2.08. The lowest BCUT2D eigenvalue weighted by molar-refractivity contribution is 0.627. The van der Waals surface area contributed by atoms with Crippen LogP contribution in [0.3, 0.4) is 0 Å². The van der Waals surface area contributed by atoms with Gasteiger partial charge in [-0.15, -0.1) is 0 Å². The van der Waals surface area contributed by atoms with Gasteiger partial charge in [0.05, 0.1) is 16.1 Å². The predicted octanol–water partition coefficient (Wildman–Crippen LogP) is 2.66. The Morgan fingerprint density at radius 2 is 1.85 bits per heavy atom. The first-order valence-corrected chi connectivity index (χ1v) is 4.11. The van der Waals surface area contributed by atoms with E-state index in [9.17, 15) is 4.39 Å². The number of rotatable bonds is 1. The summed E-state index contributed by atoms with van der Waals surface area (Å²) in [6.07, 6.45) is 0. The fraction of sp³-hybridized carbons (Fsp3) is 0.125. The van der Waals surface area contributed by atoms with Crippen molar-refractivity contribution in [2.45, 2.75) is 6.04 Å². The Balaban J connectivity index is 3.30. The SMILES string of the molecule is N#CC(N)c1c(Cl)cc(F)cc1Cl. The summed E-state index contributed by atoms with van der Waals surface area (Å²) >= 11 is 11.3. The second-order valence-electron chi connectivity index (χ2n) is 2.39. The molecule has 0 saturated heterocycles. The van der Waals surface area contributed by atoms with Gasteiger partial charge in [0.25, 0.3) is 0 Å². The van der Waals surface area contributed by atoms with Gasteiger partial charge in [0, 0.05) is 5.56 Å². The minimum absolute atomic E-state index is 0.0686. The Labute approximate surface area is 84.7 Å². The number of hydrogen-bond acceptors (Lipinski definition) is 2. The molecule has 1 aromatic rings. The predicted molar refractivity (Wildman–Crippen MR) is 49.0 cm³/mol. The van der Waals surface area contributed by atoms with Gasteiger partial charge >= 0.3 is 0 Å². The zero-order valence-corrected chi connectivity index (χ0v) is 7.90. The van der Waals surface area contributed by atoms with Crippen LogP contribution in [0, 0.1) is 17.1 Å². The van der Waals surface area contributed by atoms with Crippen LogP contribution in [0.1, 0.15) is 11.6 Å². The molecule has 68 valence electrons. The molecule has 0 aliphatic rings. The average Bonchev–Trinajstić information content (AvgIpc) is 2.02. The van der Waals surface area contributed by atoms with Gasteiger partial charge in [0.1, 0.15) is 11.9 Å². The largest absolute Gasteiger partial charge is 0.312 e. The molecule has 0 aromatic heterocycles. The van der Waals surface area contributed by atoms with Crippen LogP contribution in [-0.4, -0.2) is 0 Å². The molecule has 2 nitrogen and oxygen atoms in total. The van der Waals surface area contributed by atoms with Crippen molar-refractivity contribution in [3.05, 3.63) is 33.6 Å². The van der Waals surface area contributed by atoms with E-state index in [2.05, 4.69) is 0 Å². The van der Waals surface area contributed by atoms with Gasteiger partial charge in [-0.25, -0.2) is 4.39 Å². The molecule has 2 N–H and O–H groups in total. The highest BCUT2D eigenvalue weighted by Crippen LogP contribution is 2.29. The quantitative estimate of drug-likeness (QED) is 0.789. The first-order chi connectivity index (χ1) is 6.06. The molecule has 0 saturated carbocycles. The molecule has 1 atom stereocenters. The molecule has 0 amide bonds. The van der Waals surface area contributed by atoms with Crippen molar-refractivity contribution in [1.82, 2.24) is 0 Å². The fourth-order valence-corrected chi connectivity index (χ4v) is 1.61. The van der Waals surface area contributed by atoms with E-state index >= 15 is 0 Å². The summed E-state index contributed by atoms with van der Waals surface area (Å²) in [7, 11) is 0. The first kappa shape index (κ1) is 10.3. The molecule has 0 bridgehead atoms. The van der Waals surface area contributed by atoms with E-state index in [1.165, 1.54) is 0 Å². The van der Waals surface area contributed by atoms with Gasteiger partial charge in [0.2, 0.25) is 0 Å². The van der Waals surface area contributed by atoms with Crippen LogP contribution in [0.4, 0.5) is 4.39 Å². The fourth-order valence-electron chi connectivity index (χ4n) is 0.915. The third kappa shape index (κ3) is 2.10. The highest BCUT2D eigenvalue weighted by atomic mass is 35.5. The van der Waals surface area contributed by atoms with Crippen molar-refractivity contribution in [3.63, 3.8) is 0 Å². The molecule has 0 fully saturated rings. The number of nitrogens with two attached hydrogens (primary N) is 1. The molecule has 0 radical (unpaired) electrons. The van der Waals surface area contributed by atoms with E-state index in [1.807, 2.05) is 0 Å². The number of halogens is 3. The van der Waals surface area contributed by atoms with Crippen LogP contribution in [0.15, 0.2) is 12.1 Å². The molecule has 13 heavy (non-hydrogen) atoms. The molecule has 1 unspecified atom stereocenters. The minimum atomic E-state index is -0.930. The Morgan fingerprint density at radius 3 is 2.23 bits per heavy atom. The van der Waals surface area contributed by atoms with Crippen LogP contribution in [0.5, 0.6) is 0 Å². The molecular formula is C8H5Cl2FN2. The summed E-state index contributed by atoms with van der Waals surface area (Å²) in [5.74, 6) is -0.552. The Morgan fingerprint density at radius 1 is 1.38 bits per heavy atom. The third-order valence-electron chi connectivity index (χ3n) is 1.49. The highest BCUT2D eigenvalue weighted by molar-refractivity contribution is 6.36. The van der Waals surface area contributed by atoms with Crippen molar-refractivity contribution >= 4 is 23.2 Å². The van der Waals surface area contributed by atoms with E-state index in [0.29, 0.717) is 0 Å². The maximum atomic E-state index is 12.7. The lowest BCUT2D eigenvalue weighted by atomic mass is 10.1. The summed E-state index contributed by atoms with van der Waals surface area (Å²) < 4.78 is 12.7. The van der Waals surface area contributed by atoms with Gasteiger partial charge in [-0.1, -0.05) is 23.2 Å². The number of nitriles is 1. The van der Waals surface area contributed by atoms with Crippen molar-refractivity contribution < 1.29 is 4.39 Å². The van der Waals surface area contributed by atoms with Crippen LogP contribution in [0.2, 0.25) is 10.0 Å². The maximum Gasteiger partial charge on any atom is 0.126 e. The molecule has 1 rings (SSSR count). The van der Waals surface area contributed by atoms with E-state index in [1.54, 1.807) is 6.07 Å². The molecule has 0 heterocycles. The van der Waals surface area contributed by atoms with Gasteiger partial charge in [0.15, 0.2) is 0 Å². The summed E-state index contributed by atoms with van der Waals surface area (Å²) in [4.78, 5) is 0. The van der Waals surface area contributed by atoms with E-state index in [4.69, 9.17) is 34.2 Å². The first-order valence-electron chi connectivity index (χ1n) is 3.36. The standard InChI is InChI=1S/C8H5Cl2FN2/c9-5-1-4(11)2-6(10)8(5)7(13)3-12/h1-2,7H,13H2. The summed E-state index contributed by atoms with van der Waals surface area (Å²) in [5, 5.41) is 8.66. The third-order valence-corrected chi connectivity index (χ3v) is 2.12. The summed E-state index contributed by atoms with van der Waals surface area (Å²) in [6, 6.07) is 2.98. The second-order valence-corrected chi connectivity index (χ2v) is 3.20. The van der Waals surface area contributed by atoms with E-state index in [0.717, 1.165) is 12.1 Å². The van der Waals surface area contributed by atoms with Crippen LogP contribution >= 0.6 is 23.2 Å². The molecule has 5 heteroatoms. The zero-order valence-electron chi connectivity index (χ0n) is 6.39. The number of hydrogen-bond donors (Lipinski definition) is 1. The summed E-state index contributed by atoms with van der Waals surface area (Å²) in [5.41, 5.74) is 5.65. The van der Waals surface area contributed by atoms with Crippen molar-refractivity contribution in [3.8, 4) is 6.07 Å². The Kier molecular flexibility index (Phi) is 3.10. The lowest BCUT2D eigenvalue weighted by Gasteiger charge is -2.08. The van der Waals surface area contributed by atoms with E-state index < -0.39 is 11.9 Å². The van der Waals surface area contributed by atoms with Crippen molar-refractivity contribution in [2.75, 3.05) is 0 Å². The molecule has 0 aliphatic carbocycles. The topological polar surface area (TPSA) is 49.8 Å². The molecule has 0 spiro atoms. The van der Waals surface area contributed by atoms with Gasteiger partial charge < -0.3 is 5.73 Å². The van der Waals surface area contributed by atoms with Crippen LogP contribution < -0.4 is 5.73 Å². The Bertz CT molecular complexity index is 350.